The molecule has 0 atom stereocenters. The first-order chi connectivity index (χ1) is 14.2. The van der Waals surface area contributed by atoms with E-state index in [9.17, 15) is 13.2 Å². The lowest BCUT2D eigenvalue weighted by Crippen LogP contribution is -2.51. The van der Waals surface area contributed by atoms with E-state index in [0.29, 0.717) is 5.56 Å². The molecule has 1 amide bonds. The molecule has 0 unspecified atom stereocenters. The topological polar surface area (TPSA) is 90.7 Å². The Labute approximate surface area is 189 Å². The summed E-state index contributed by atoms with van der Waals surface area (Å²) in [7, 11) is -3.70. The Morgan fingerprint density at radius 3 is 2.20 bits per heavy atom. The molecule has 11 heteroatoms. The van der Waals surface area contributed by atoms with Crippen molar-refractivity contribution in [2.24, 2.45) is 0 Å². The molecule has 0 N–H and O–H groups in total. The molecular formula is C19H16Cl3N3O4S. The normalized spacial score (nSPS) is 14.9. The fourth-order valence-electron chi connectivity index (χ4n) is 2.87. The van der Waals surface area contributed by atoms with Crippen molar-refractivity contribution in [1.82, 2.24) is 9.21 Å². The quantitative estimate of drug-likeness (QED) is 0.601. The number of nitrogens with zero attached hydrogens (tertiary/aromatic N) is 3. The maximum Gasteiger partial charge on any atom is 0.260 e. The van der Waals surface area contributed by atoms with Gasteiger partial charge in [0.25, 0.3) is 5.91 Å². The van der Waals surface area contributed by atoms with E-state index in [2.05, 4.69) is 0 Å². The van der Waals surface area contributed by atoms with Crippen LogP contribution in [0.3, 0.4) is 0 Å². The van der Waals surface area contributed by atoms with E-state index in [0.717, 1.165) is 0 Å². The van der Waals surface area contributed by atoms with Crippen molar-refractivity contribution in [2.45, 2.75) is 4.90 Å². The van der Waals surface area contributed by atoms with Gasteiger partial charge in [0.1, 0.15) is 5.75 Å². The molecule has 2 aromatic rings. The lowest BCUT2D eigenvalue weighted by Gasteiger charge is -2.34. The third-order valence-electron chi connectivity index (χ3n) is 4.54. The molecule has 158 valence electrons. The van der Waals surface area contributed by atoms with E-state index in [-0.39, 0.29) is 64.4 Å². The van der Waals surface area contributed by atoms with Gasteiger partial charge >= 0.3 is 0 Å². The number of nitriles is 1. The summed E-state index contributed by atoms with van der Waals surface area (Å²) in [5, 5.41) is 9.61. The van der Waals surface area contributed by atoms with Gasteiger partial charge in [-0.3, -0.25) is 4.79 Å². The third kappa shape index (κ3) is 4.99. The van der Waals surface area contributed by atoms with E-state index in [1.54, 1.807) is 0 Å². The first-order valence-electron chi connectivity index (χ1n) is 8.78. The number of sulfonamides is 1. The first kappa shape index (κ1) is 22.7. The smallest absolute Gasteiger partial charge is 0.260 e. The molecule has 0 aliphatic carbocycles. The Kier molecular flexibility index (Phi) is 7.11. The molecule has 3 rings (SSSR count). The van der Waals surface area contributed by atoms with Crippen LogP contribution in [0, 0.1) is 11.3 Å². The summed E-state index contributed by atoms with van der Waals surface area (Å²) >= 11 is 17.8. The van der Waals surface area contributed by atoms with E-state index in [1.165, 1.54) is 45.6 Å². The van der Waals surface area contributed by atoms with Gasteiger partial charge in [-0.15, -0.1) is 0 Å². The molecule has 0 saturated carbocycles. The zero-order valence-electron chi connectivity index (χ0n) is 15.5. The summed E-state index contributed by atoms with van der Waals surface area (Å²) < 4.78 is 32.3. The SMILES string of the molecule is N#Cc1ccc(S(=O)(=O)N2CCN(C(=O)COc3cc(Cl)c(Cl)cc3Cl)CC2)cc1. The maximum absolute atomic E-state index is 12.7. The molecule has 30 heavy (non-hydrogen) atoms. The molecule has 0 bridgehead atoms. The van der Waals surface area contributed by atoms with E-state index in [4.69, 9.17) is 44.8 Å². The molecule has 0 radical (unpaired) electrons. The summed E-state index contributed by atoms with van der Waals surface area (Å²) in [6, 6.07) is 10.5. The fraction of sp³-hybridized carbons (Fsp3) is 0.263. The van der Waals surface area contributed by atoms with Crippen LogP contribution in [0.25, 0.3) is 0 Å². The third-order valence-corrected chi connectivity index (χ3v) is 7.47. The summed E-state index contributed by atoms with van der Waals surface area (Å²) in [5.74, 6) is -0.0611. The van der Waals surface area contributed by atoms with Gasteiger partial charge < -0.3 is 9.64 Å². The van der Waals surface area contributed by atoms with Crippen LogP contribution in [0.2, 0.25) is 15.1 Å². The number of carbonyl (C=O) groups is 1. The number of hydrogen-bond acceptors (Lipinski definition) is 5. The predicted octanol–water partition coefficient (Wildman–Crippen LogP) is 3.43. The van der Waals surface area contributed by atoms with Crippen LogP contribution in [-0.2, 0) is 14.8 Å². The number of benzene rings is 2. The van der Waals surface area contributed by atoms with Crippen LogP contribution < -0.4 is 4.74 Å². The Hall–Kier alpha value is -2.02. The average Bonchev–Trinajstić information content (AvgIpc) is 2.75. The minimum absolute atomic E-state index is 0.110. The van der Waals surface area contributed by atoms with Crippen LogP contribution in [0.15, 0.2) is 41.3 Å². The highest BCUT2D eigenvalue weighted by molar-refractivity contribution is 7.89. The van der Waals surface area contributed by atoms with Gasteiger partial charge in [0.05, 0.1) is 31.6 Å². The Morgan fingerprint density at radius 1 is 1.00 bits per heavy atom. The zero-order chi connectivity index (χ0) is 21.9. The van der Waals surface area contributed by atoms with Crippen LogP contribution in [-0.4, -0.2) is 56.3 Å². The molecule has 2 aromatic carbocycles. The van der Waals surface area contributed by atoms with Gasteiger partial charge in [-0.1, -0.05) is 34.8 Å². The van der Waals surface area contributed by atoms with E-state index < -0.39 is 10.0 Å². The number of amides is 1. The van der Waals surface area contributed by atoms with Crippen LogP contribution >= 0.6 is 34.8 Å². The summed E-state index contributed by atoms with van der Waals surface area (Å²) in [6.07, 6.45) is 0. The van der Waals surface area contributed by atoms with Crippen LogP contribution in [0.1, 0.15) is 5.56 Å². The van der Waals surface area contributed by atoms with E-state index in [1.807, 2.05) is 6.07 Å². The lowest BCUT2D eigenvalue weighted by atomic mass is 10.2. The Morgan fingerprint density at radius 2 is 1.60 bits per heavy atom. The van der Waals surface area contributed by atoms with Crippen LogP contribution in [0.5, 0.6) is 5.75 Å². The molecule has 1 fully saturated rings. The number of ether oxygens (including phenoxy) is 1. The van der Waals surface area contributed by atoms with E-state index >= 15 is 0 Å². The fourth-order valence-corrected chi connectivity index (χ4v) is 4.89. The highest BCUT2D eigenvalue weighted by Crippen LogP contribution is 2.33. The molecule has 1 saturated heterocycles. The van der Waals surface area contributed by atoms with Crippen LogP contribution in [0.4, 0.5) is 0 Å². The minimum Gasteiger partial charge on any atom is -0.482 e. The molecule has 1 aliphatic rings. The van der Waals surface area contributed by atoms with Gasteiger partial charge in [-0.2, -0.15) is 9.57 Å². The predicted molar refractivity (Wildman–Crippen MR) is 113 cm³/mol. The molecule has 7 nitrogen and oxygen atoms in total. The van der Waals surface area contributed by atoms with Gasteiger partial charge in [0.2, 0.25) is 10.0 Å². The van der Waals surface area contributed by atoms with Gasteiger partial charge in [-0.25, -0.2) is 8.42 Å². The van der Waals surface area contributed by atoms with Gasteiger partial charge in [-0.05, 0) is 30.3 Å². The van der Waals surface area contributed by atoms with Crippen molar-refractivity contribution in [3.05, 3.63) is 57.0 Å². The Bertz CT molecular complexity index is 1090. The molecule has 0 aromatic heterocycles. The largest absolute Gasteiger partial charge is 0.482 e. The number of hydrogen-bond donors (Lipinski definition) is 0. The maximum atomic E-state index is 12.7. The number of carbonyl (C=O) groups excluding carboxylic acids is 1. The van der Waals surface area contributed by atoms with Crippen molar-refractivity contribution in [3.8, 4) is 11.8 Å². The summed E-state index contributed by atoms with van der Waals surface area (Å²) in [5.41, 5.74) is 0.381. The second-order valence-corrected chi connectivity index (χ2v) is 9.57. The highest BCUT2D eigenvalue weighted by atomic mass is 35.5. The molecule has 1 heterocycles. The minimum atomic E-state index is -3.70. The zero-order valence-corrected chi connectivity index (χ0v) is 18.6. The molecular weight excluding hydrogens is 473 g/mol. The summed E-state index contributed by atoms with van der Waals surface area (Å²) in [4.78, 5) is 14.1. The average molecular weight is 489 g/mol. The number of piperazine rings is 1. The van der Waals surface area contributed by atoms with Gasteiger partial charge in [0.15, 0.2) is 6.61 Å². The van der Waals surface area contributed by atoms with Crippen molar-refractivity contribution >= 4 is 50.7 Å². The lowest BCUT2D eigenvalue weighted by molar-refractivity contribution is -0.134. The number of halogens is 3. The second-order valence-electron chi connectivity index (χ2n) is 6.41. The highest BCUT2D eigenvalue weighted by Gasteiger charge is 2.30. The molecule has 0 spiro atoms. The summed E-state index contributed by atoms with van der Waals surface area (Å²) in [6.45, 7) is 0.503. The monoisotopic (exact) mass is 487 g/mol. The van der Waals surface area contributed by atoms with Crippen molar-refractivity contribution in [3.63, 3.8) is 0 Å². The first-order valence-corrected chi connectivity index (χ1v) is 11.3. The number of rotatable bonds is 5. The second kappa shape index (κ2) is 9.41. The Balaban J connectivity index is 1.57. The van der Waals surface area contributed by atoms with Crippen molar-refractivity contribution in [2.75, 3.05) is 32.8 Å². The standard InChI is InChI=1S/C19H16Cl3N3O4S/c20-15-9-17(22)18(10-16(15)21)29-12-19(26)24-5-7-25(8-6-24)30(27,28)14-3-1-13(11-23)2-4-14/h1-4,9-10H,5-8,12H2. The van der Waals surface area contributed by atoms with Crippen molar-refractivity contribution < 1.29 is 17.9 Å². The molecule has 1 aliphatic heterocycles. The van der Waals surface area contributed by atoms with Crippen molar-refractivity contribution in [1.29, 1.82) is 5.26 Å². The van der Waals surface area contributed by atoms with Gasteiger partial charge in [0, 0.05) is 32.2 Å².